The third-order valence-corrected chi connectivity index (χ3v) is 7.37. The Morgan fingerprint density at radius 3 is 2.21 bits per heavy atom. The maximum Gasteiger partial charge on any atom is 0.390 e. The van der Waals surface area contributed by atoms with E-state index in [0.717, 1.165) is 5.56 Å². The topological polar surface area (TPSA) is 59.1 Å². The lowest BCUT2D eigenvalue weighted by Gasteiger charge is -2.37. The molecule has 2 amide bonds. The van der Waals surface area contributed by atoms with Crippen LogP contribution >= 0.6 is 11.6 Å². The molecule has 4 rings (SSSR count). The van der Waals surface area contributed by atoms with Crippen molar-refractivity contribution < 1.29 is 27.2 Å². The van der Waals surface area contributed by atoms with E-state index in [9.17, 15) is 27.2 Å². The number of amides is 2. The number of anilines is 2. The van der Waals surface area contributed by atoms with E-state index in [4.69, 9.17) is 11.6 Å². The molecule has 0 unspecified atom stereocenters. The fourth-order valence-electron chi connectivity index (χ4n) is 4.88. The van der Waals surface area contributed by atoms with Crippen molar-refractivity contribution in [2.75, 3.05) is 69.1 Å². The molecule has 2 aromatic rings. The van der Waals surface area contributed by atoms with Gasteiger partial charge in [-0.3, -0.25) is 19.4 Å². The zero-order valence-electron chi connectivity index (χ0n) is 21.7. The summed E-state index contributed by atoms with van der Waals surface area (Å²) >= 11 is 6.21. The molecule has 0 saturated carbocycles. The van der Waals surface area contributed by atoms with Gasteiger partial charge in [0.2, 0.25) is 5.91 Å². The minimum absolute atomic E-state index is 0.0445. The second-order valence-electron chi connectivity index (χ2n) is 9.91. The maximum atomic E-state index is 15.0. The number of carbonyl (C=O) groups is 2. The number of nitrogens with one attached hydrogen (secondary N) is 1. The molecule has 2 saturated heterocycles. The Kier molecular flexibility index (Phi) is 9.35. The normalized spacial score (nSPS) is 17.4. The minimum Gasteiger partial charge on any atom is -0.367 e. The molecule has 0 radical (unpaired) electrons. The molecule has 39 heavy (non-hydrogen) atoms. The van der Waals surface area contributed by atoms with Gasteiger partial charge in [-0.1, -0.05) is 17.7 Å². The molecule has 0 aromatic heterocycles. The Balaban J connectivity index is 1.38. The van der Waals surface area contributed by atoms with Crippen LogP contribution in [0, 0.1) is 5.82 Å². The summed E-state index contributed by atoms with van der Waals surface area (Å²) in [5, 5.41) is 3.22. The third-order valence-electron chi connectivity index (χ3n) is 7.13. The van der Waals surface area contributed by atoms with Crippen molar-refractivity contribution >= 4 is 34.8 Å². The molecule has 0 bridgehead atoms. The van der Waals surface area contributed by atoms with E-state index in [1.807, 2.05) is 4.90 Å². The Labute approximate surface area is 230 Å². The standard InChI is InChI=1S/C27H32ClF4N5O2/c1-19(38)36-12-10-35(11-13-36)18-20-2-4-22(23(29)16-20)26(39)33-24-5-3-21(28)17-25(24)37-14-8-34(9-15-37)7-6-27(30,31)32/h2-5,16-17H,6-15,18H2,1H3,(H,33,39). The van der Waals surface area contributed by atoms with Gasteiger partial charge in [0.1, 0.15) is 5.82 Å². The molecule has 0 atom stereocenters. The molecule has 212 valence electrons. The summed E-state index contributed by atoms with van der Waals surface area (Å²) in [5.74, 6) is -1.20. The highest BCUT2D eigenvalue weighted by Gasteiger charge is 2.29. The van der Waals surface area contributed by atoms with Crippen molar-refractivity contribution in [3.63, 3.8) is 0 Å². The lowest BCUT2D eigenvalue weighted by Crippen LogP contribution is -2.47. The summed E-state index contributed by atoms with van der Waals surface area (Å²) in [6.07, 6.45) is -5.05. The number of carbonyl (C=O) groups excluding carboxylic acids is 2. The SMILES string of the molecule is CC(=O)N1CCN(Cc2ccc(C(=O)Nc3ccc(Cl)cc3N3CCN(CCC(F)(F)F)CC3)c(F)c2)CC1. The average molecular weight is 570 g/mol. The van der Waals surface area contributed by atoms with Gasteiger partial charge in [-0.15, -0.1) is 0 Å². The first-order valence-corrected chi connectivity index (χ1v) is 13.3. The Bertz CT molecular complexity index is 1180. The Morgan fingerprint density at radius 2 is 1.59 bits per heavy atom. The number of piperazine rings is 2. The molecular formula is C27H32ClF4N5O2. The van der Waals surface area contributed by atoms with E-state index in [0.29, 0.717) is 75.3 Å². The van der Waals surface area contributed by atoms with Gasteiger partial charge in [-0.2, -0.15) is 13.2 Å². The molecule has 2 aliphatic rings. The predicted molar refractivity (Wildman–Crippen MR) is 143 cm³/mol. The number of nitrogens with zero attached hydrogens (tertiary/aromatic N) is 4. The molecule has 2 heterocycles. The van der Waals surface area contributed by atoms with Crippen LogP contribution < -0.4 is 10.2 Å². The summed E-state index contributed by atoms with van der Waals surface area (Å²) in [5.41, 5.74) is 1.71. The van der Waals surface area contributed by atoms with E-state index in [1.54, 1.807) is 41.0 Å². The first-order valence-electron chi connectivity index (χ1n) is 12.9. The summed E-state index contributed by atoms with van der Waals surface area (Å²) in [6, 6.07) is 9.48. The minimum atomic E-state index is -4.19. The van der Waals surface area contributed by atoms with Gasteiger partial charge in [0.05, 0.1) is 23.4 Å². The van der Waals surface area contributed by atoms with E-state index in [-0.39, 0.29) is 18.0 Å². The zero-order valence-corrected chi connectivity index (χ0v) is 22.5. The molecule has 2 aliphatic heterocycles. The van der Waals surface area contributed by atoms with E-state index < -0.39 is 24.3 Å². The van der Waals surface area contributed by atoms with Crippen LogP contribution in [-0.4, -0.2) is 91.6 Å². The second kappa shape index (κ2) is 12.5. The van der Waals surface area contributed by atoms with Gasteiger partial charge in [-0.05, 0) is 35.9 Å². The van der Waals surface area contributed by atoms with Gasteiger partial charge in [-0.25, -0.2) is 4.39 Å². The summed E-state index contributed by atoms with van der Waals surface area (Å²) in [7, 11) is 0. The van der Waals surface area contributed by atoms with Gasteiger partial charge in [0.25, 0.3) is 5.91 Å². The summed E-state index contributed by atoms with van der Waals surface area (Å²) in [6.45, 7) is 6.46. The highest BCUT2D eigenvalue weighted by atomic mass is 35.5. The number of benzene rings is 2. The van der Waals surface area contributed by atoms with E-state index >= 15 is 0 Å². The second-order valence-corrected chi connectivity index (χ2v) is 10.3. The third kappa shape index (κ3) is 8.06. The largest absolute Gasteiger partial charge is 0.390 e. The van der Waals surface area contributed by atoms with Crippen LogP contribution in [0.4, 0.5) is 28.9 Å². The fourth-order valence-corrected chi connectivity index (χ4v) is 5.05. The molecular weight excluding hydrogens is 538 g/mol. The van der Waals surface area contributed by atoms with E-state index in [1.165, 1.54) is 12.1 Å². The molecule has 12 heteroatoms. The Morgan fingerprint density at radius 1 is 0.923 bits per heavy atom. The number of rotatable bonds is 7. The van der Waals surface area contributed by atoms with Gasteiger partial charge in [0, 0.05) is 77.4 Å². The van der Waals surface area contributed by atoms with Gasteiger partial charge in [0.15, 0.2) is 0 Å². The van der Waals surface area contributed by atoms with Crippen LogP contribution in [0.15, 0.2) is 36.4 Å². The highest BCUT2D eigenvalue weighted by Crippen LogP contribution is 2.31. The van der Waals surface area contributed by atoms with Crippen molar-refractivity contribution in [2.24, 2.45) is 0 Å². The molecule has 0 aliphatic carbocycles. The van der Waals surface area contributed by atoms with Gasteiger partial charge < -0.3 is 15.1 Å². The van der Waals surface area contributed by atoms with E-state index in [2.05, 4.69) is 10.2 Å². The number of hydrogen-bond acceptors (Lipinski definition) is 5. The average Bonchev–Trinajstić information content (AvgIpc) is 2.89. The lowest BCUT2D eigenvalue weighted by atomic mass is 10.1. The first kappa shape index (κ1) is 29.1. The fraction of sp³-hybridized carbons (Fsp3) is 0.481. The van der Waals surface area contributed by atoms with Gasteiger partial charge >= 0.3 is 6.18 Å². The Hall–Kier alpha value is -2.89. The molecule has 7 nitrogen and oxygen atoms in total. The number of halogens is 5. The monoisotopic (exact) mass is 569 g/mol. The summed E-state index contributed by atoms with van der Waals surface area (Å²) < 4.78 is 52.7. The van der Waals surface area contributed by atoms with Crippen LogP contribution in [0.1, 0.15) is 29.3 Å². The van der Waals surface area contributed by atoms with Crippen molar-refractivity contribution in [1.29, 1.82) is 0 Å². The molecule has 2 aromatic carbocycles. The van der Waals surface area contributed by atoms with Crippen LogP contribution in [0.5, 0.6) is 0 Å². The molecule has 2 fully saturated rings. The molecule has 0 spiro atoms. The maximum absolute atomic E-state index is 15.0. The van der Waals surface area contributed by atoms with Crippen LogP contribution in [0.3, 0.4) is 0 Å². The van der Waals surface area contributed by atoms with Crippen molar-refractivity contribution in [2.45, 2.75) is 26.1 Å². The number of hydrogen-bond donors (Lipinski definition) is 1. The highest BCUT2D eigenvalue weighted by molar-refractivity contribution is 6.31. The zero-order chi connectivity index (χ0) is 28.2. The van der Waals surface area contributed by atoms with Crippen molar-refractivity contribution in [3.8, 4) is 0 Å². The smallest absolute Gasteiger partial charge is 0.367 e. The summed E-state index contributed by atoms with van der Waals surface area (Å²) in [4.78, 5) is 32.2. The van der Waals surface area contributed by atoms with Crippen LogP contribution in [0.2, 0.25) is 5.02 Å². The lowest BCUT2D eigenvalue weighted by molar-refractivity contribution is -0.138. The molecule has 1 N–H and O–H groups in total. The predicted octanol–water partition coefficient (Wildman–Crippen LogP) is 4.47. The number of alkyl halides is 3. The first-order chi connectivity index (χ1) is 18.5. The quantitative estimate of drug-likeness (QED) is 0.499. The van der Waals surface area contributed by atoms with Crippen LogP contribution in [0.25, 0.3) is 0 Å². The van der Waals surface area contributed by atoms with Crippen molar-refractivity contribution in [3.05, 3.63) is 58.4 Å². The van der Waals surface area contributed by atoms with Crippen LogP contribution in [-0.2, 0) is 11.3 Å². The van der Waals surface area contributed by atoms with Crippen molar-refractivity contribution in [1.82, 2.24) is 14.7 Å².